The van der Waals surface area contributed by atoms with Crippen LogP contribution in [-0.4, -0.2) is 16.0 Å². The smallest absolute Gasteiger partial charge is 0.248 e. The van der Waals surface area contributed by atoms with Gasteiger partial charge in [0.15, 0.2) is 5.82 Å². The molecule has 2 aliphatic carbocycles. The lowest BCUT2D eigenvalue weighted by atomic mass is 10.1. The minimum absolute atomic E-state index is 0.0859. The van der Waals surface area contributed by atoms with E-state index < -0.39 is 0 Å². The van der Waals surface area contributed by atoms with Gasteiger partial charge >= 0.3 is 0 Å². The molecule has 0 bridgehead atoms. The van der Waals surface area contributed by atoms with Crippen molar-refractivity contribution in [2.45, 2.75) is 63.8 Å². The number of aromatic nitrogens is 2. The molecule has 0 aliphatic heterocycles. The number of aryl methyl sites for hydroxylation is 1. The SMILES string of the molecule is Cc1ccc([C@@H]2C[C@H]2C(=O)N[C@@H](C)c2nc(C3CCCC3)no2)s1. The van der Waals surface area contributed by atoms with Crippen LogP contribution in [0.15, 0.2) is 16.7 Å². The van der Waals surface area contributed by atoms with E-state index in [0.29, 0.717) is 17.7 Å². The van der Waals surface area contributed by atoms with Crippen molar-refractivity contribution in [3.05, 3.63) is 33.6 Å². The highest BCUT2D eigenvalue weighted by molar-refractivity contribution is 7.12. The Morgan fingerprint density at radius 3 is 2.88 bits per heavy atom. The Balaban J connectivity index is 1.34. The molecule has 2 saturated carbocycles. The molecule has 0 spiro atoms. The molecule has 5 nitrogen and oxygen atoms in total. The fourth-order valence-corrected chi connectivity index (χ4v) is 4.66. The minimum atomic E-state index is -0.230. The van der Waals surface area contributed by atoms with Gasteiger partial charge in [0.05, 0.1) is 0 Å². The van der Waals surface area contributed by atoms with Crippen LogP contribution in [0, 0.1) is 12.8 Å². The summed E-state index contributed by atoms with van der Waals surface area (Å²) in [5.41, 5.74) is 0. The summed E-state index contributed by atoms with van der Waals surface area (Å²) >= 11 is 1.79. The van der Waals surface area contributed by atoms with E-state index in [4.69, 9.17) is 4.52 Å². The number of rotatable bonds is 5. The predicted octanol–water partition coefficient (Wildman–Crippen LogP) is 4.08. The molecule has 1 N–H and O–H groups in total. The summed E-state index contributed by atoms with van der Waals surface area (Å²) in [6.07, 6.45) is 5.71. The molecule has 1 amide bonds. The molecule has 0 unspecified atom stereocenters. The van der Waals surface area contributed by atoms with Gasteiger partial charge in [-0.25, -0.2) is 0 Å². The van der Waals surface area contributed by atoms with Crippen molar-refractivity contribution >= 4 is 17.2 Å². The van der Waals surface area contributed by atoms with Gasteiger partial charge in [-0.3, -0.25) is 4.79 Å². The topological polar surface area (TPSA) is 68.0 Å². The first-order valence-electron chi connectivity index (χ1n) is 8.82. The molecule has 2 fully saturated rings. The van der Waals surface area contributed by atoms with Gasteiger partial charge in [0.25, 0.3) is 0 Å². The predicted molar refractivity (Wildman–Crippen MR) is 92.0 cm³/mol. The quantitative estimate of drug-likeness (QED) is 0.886. The summed E-state index contributed by atoms with van der Waals surface area (Å²) in [7, 11) is 0. The summed E-state index contributed by atoms with van der Waals surface area (Å²) in [4.78, 5) is 19.6. The van der Waals surface area contributed by atoms with Gasteiger partial charge in [0, 0.05) is 27.5 Å². The van der Waals surface area contributed by atoms with Crippen LogP contribution in [0.25, 0.3) is 0 Å². The molecule has 0 radical (unpaired) electrons. The second-order valence-corrected chi connectivity index (χ2v) is 8.42. The average molecular weight is 345 g/mol. The third-order valence-electron chi connectivity index (χ3n) is 5.16. The van der Waals surface area contributed by atoms with E-state index in [1.54, 1.807) is 11.3 Å². The fourth-order valence-electron chi connectivity index (χ4n) is 3.61. The fraction of sp³-hybridized carbons (Fsp3) is 0.611. The summed E-state index contributed by atoms with van der Waals surface area (Å²) in [6, 6.07) is 4.04. The molecule has 0 saturated heterocycles. The summed E-state index contributed by atoms with van der Waals surface area (Å²) in [5, 5.41) is 7.15. The number of thiophene rings is 1. The van der Waals surface area contributed by atoms with Gasteiger partial charge in [0.1, 0.15) is 6.04 Å². The number of nitrogens with one attached hydrogen (secondary N) is 1. The summed E-state index contributed by atoms with van der Waals surface area (Å²) in [5.74, 6) is 2.33. The third-order valence-corrected chi connectivity index (χ3v) is 6.29. The Kier molecular flexibility index (Phi) is 4.16. The molecule has 3 atom stereocenters. The van der Waals surface area contributed by atoms with Gasteiger partial charge in [0.2, 0.25) is 11.8 Å². The van der Waals surface area contributed by atoms with Crippen LogP contribution >= 0.6 is 11.3 Å². The molecule has 6 heteroatoms. The standard InChI is InChI=1S/C18H23N3O2S/c1-10-7-8-15(24-10)13-9-14(13)17(22)19-11(2)18-20-16(21-23-18)12-5-3-4-6-12/h7-8,11-14H,3-6,9H2,1-2H3,(H,19,22)/t11-,13+,14+/m0/s1. The maximum Gasteiger partial charge on any atom is 0.248 e. The van der Waals surface area contributed by atoms with Gasteiger partial charge < -0.3 is 9.84 Å². The number of carbonyl (C=O) groups excluding carboxylic acids is 1. The van der Waals surface area contributed by atoms with Crippen LogP contribution < -0.4 is 5.32 Å². The lowest BCUT2D eigenvalue weighted by molar-refractivity contribution is -0.123. The Morgan fingerprint density at radius 2 is 2.17 bits per heavy atom. The molecule has 128 valence electrons. The summed E-state index contributed by atoms with van der Waals surface area (Å²) in [6.45, 7) is 4.02. The second-order valence-electron chi connectivity index (χ2n) is 7.10. The van der Waals surface area contributed by atoms with Crippen molar-refractivity contribution in [1.82, 2.24) is 15.5 Å². The van der Waals surface area contributed by atoms with E-state index in [0.717, 1.165) is 25.1 Å². The molecule has 0 aromatic carbocycles. The molecular weight excluding hydrogens is 322 g/mol. The number of nitrogens with zero attached hydrogens (tertiary/aromatic N) is 2. The molecular formula is C18H23N3O2S. The Bertz CT molecular complexity index is 732. The highest BCUT2D eigenvalue weighted by Gasteiger charge is 2.45. The lowest BCUT2D eigenvalue weighted by Crippen LogP contribution is -2.28. The molecule has 4 rings (SSSR count). The van der Waals surface area contributed by atoms with Crippen molar-refractivity contribution in [2.75, 3.05) is 0 Å². The van der Waals surface area contributed by atoms with E-state index in [9.17, 15) is 4.79 Å². The number of carbonyl (C=O) groups is 1. The van der Waals surface area contributed by atoms with Crippen LogP contribution in [0.5, 0.6) is 0 Å². The van der Waals surface area contributed by atoms with Crippen molar-refractivity contribution in [2.24, 2.45) is 5.92 Å². The van der Waals surface area contributed by atoms with Gasteiger partial charge in [-0.2, -0.15) is 4.98 Å². The number of hydrogen-bond donors (Lipinski definition) is 1. The van der Waals surface area contributed by atoms with Gasteiger partial charge in [-0.15, -0.1) is 11.3 Å². The summed E-state index contributed by atoms with van der Waals surface area (Å²) < 4.78 is 5.38. The Hall–Kier alpha value is -1.69. The van der Waals surface area contributed by atoms with Crippen LogP contribution in [0.1, 0.15) is 78.4 Å². The molecule has 24 heavy (non-hydrogen) atoms. The van der Waals surface area contributed by atoms with Crippen molar-refractivity contribution < 1.29 is 9.32 Å². The Morgan fingerprint density at radius 1 is 1.38 bits per heavy atom. The largest absolute Gasteiger partial charge is 0.344 e. The van der Waals surface area contributed by atoms with Crippen LogP contribution in [0.4, 0.5) is 0 Å². The lowest BCUT2D eigenvalue weighted by Gasteiger charge is -2.09. The van der Waals surface area contributed by atoms with E-state index in [2.05, 4.69) is 34.5 Å². The zero-order valence-corrected chi connectivity index (χ0v) is 14.9. The first kappa shape index (κ1) is 15.8. The first-order valence-corrected chi connectivity index (χ1v) is 9.63. The zero-order chi connectivity index (χ0) is 16.7. The highest BCUT2D eigenvalue weighted by atomic mass is 32.1. The van der Waals surface area contributed by atoms with Gasteiger partial charge in [-0.05, 0) is 45.2 Å². The average Bonchev–Trinajstić information content (AvgIpc) is 2.99. The second kappa shape index (κ2) is 6.31. The van der Waals surface area contributed by atoms with E-state index in [-0.39, 0.29) is 17.9 Å². The van der Waals surface area contributed by atoms with Crippen LogP contribution in [0.3, 0.4) is 0 Å². The van der Waals surface area contributed by atoms with Crippen molar-refractivity contribution in [3.8, 4) is 0 Å². The third kappa shape index (κ3) is 3.11. The highest BCUT2D eigenvalue weighted by Crippen LogP contribution is 2.49. The maximum atomic E-state index is 12.4. The van der Waals surface area contributed by atoms with Crippen LogP contribution in [-0.2, 0) is 4.79 Å². The number of amides is 1. The zero-order valence-electron chi connectivity index (χ0n) is 14.1. The normalized spacial score (nSPS) is 24.9. The molecule has 2 aliphatic rings. The Labute approximate surface area is 145 Å². The number of hydrogen-bond acceptors (Lipinski definition) is 5. The van der Waals surface area contributed by atoms with E-state index in [1.807, 2.05) is 6.92 Å². The maximum absolute atomic E-state index is 12.4. The van der Waals surface area contributed by atoms with Crippen LogP contribution in [0.2, 0.25) is 0 Å². The van der Waals surface area contributed by atoms with Crippen molar-refractivity contribution in [3.63, 3.8) is 0 Å². The van der Waals surface area contributed by atoms with E-state index >= 15 is 0 Å². The van der Waals surface area contributed by atoms with Crippen molar-refractivity contribution in [1.29, 1.82) is 0 Å². The molecule has 2 aromatic heterocycles. The van der Waals surface area contributed by atoms with E-state index in [1.165, 1.54) is 22.6 Å². The van der Waals surface area contributed by atoms with Gasteiger partial charge in [-0.1, -0.05) is 18.0 Å². The molecule has 2 heterocycles. The molecule has 2 aromatic rings. The minimum Gasteiger partial charge on any atom is -0.344 e. The monoisotopic (exact) mass is 345 g/mol. The first-order chi connectivity index (χ1) is 11.6.